The summed E-state index contributed by atoms with van der Waals surface area (Å²) in [4.78, 5) is 22.8. The number of Topliss-reactive ketones (excluding diaryl/α,β-unsaturated/α-hetero) is 1. The minimum Gasteiger partial charge on any atom is -0.341 e. The molecule has 1 aliphatic heterocycles. The van der Waals surface area contributed by atoms with E-state index in [2.05, 4.69) is 21.8 Å². The molecule has 0 bridgehead atoms. The maximum absolute atomic E-state index is 13.4. The van der Waals surface area contributed by atoms with Crippen LogP contribution in [0.4, 0.5) is 4.39 Å². The Hall–Kier alpha value is -2.90. The lowest BCUT2D eigenvalue weighted by atomic mass is 9.97. The first-order valence-electron chi connectivity index (χ1n) is 11.5. The lowest BCUT2D eigenvalue weighted by molar-refractivity contribution is 0.101. The van der Waals surface area contributed by atoms with E-state index in [9.17, 15) is 9.18 Å². The van der Waals surface area contributed by atoms with Gasteiger partial charge in [-0.1, -0.05) is 31.2 Å². The molecule has 0 radical (unpaired) electrons. The first kappa shape index (κ1) is 25.7. The summed E-state index contributed by atoms with van der Waals surface area (Å²) in [5.74, 6) is 0.938. The Labute approximate surface area is 205 Å². The van der Waals surface area contributed by atoms with Gasteiger partial charge in [-0.05, 0) is 62.5 Å². The number of H-pyrrole nitrogens is 1. The van der Waals surface area contributed by atoms with Crippen LogP contribution in [0.15, 0.2) is 41.9 Å². The summed E-state index contributed by atoms with van der Waals surface area (Å²) in [6.45, 7) is 9.54. The average Bonchev–Trinajstić information content (AvgIpc) is 3.44. The second kappa shape index (κ2) is 11.5. The third kappa shape index (κ3) is 6.81. The van der Waals surface area contributed by atoms with Gasteiger partial charge in [0.1, 0.15) is 11.5 Å². The normalized spacial score (nSPS) is 13.9. The Morgan fingerprint density at radius 1 is 1.38 bits per heavy atom. The van der Waals surface area contributed by atoms with Crippen LogP contribution in [0.2, 0.25) is 0 Å². The predicted octanol–water partition coefficient (Wildman–Crippen LogP) is 6.35. The van der Waals surface area contributed by atoms with Crippen molar-refractivity contribution in [3.63, 3.8) is 0 Å². The smallest absolute Gasteiger partial charge is 0.160 e. The molecule has 34 heavy (non-hydrogen) atoms. The molecule has 0 amide bonds. The van der Waals surface area contributed by atoms with Crippen molar-refractivity contribution in [1.29, 1.82) is 5.41 Å². The molecule has 0 fully saturated rings. The first-order chi connectivity index (χ1) is 16.2. The van der Waals surface area contributed by atoms with E-state index >= 15 is 0 Å². The van der Waals surface area contributed by atoms with Crippen molar-refractivity contribution in [3.8, 4) is 0 Å². The summed E-state index contributed by atoms with van der Waals surface area (Å²) in [5, 5.41) is 8.97. The van der Waals surface area contributed by atoms with E-state index in [1.54, 1.807) is 44.3 Å². The number of allylic oxidation sites excluding steroid dienone is 1. The van der Waals surface area contributed by atoms with Crippen LogP contribution in [-0.4, -0.2) is 33.4 Å². The third-order valence-electron chi connectivity index (χ3n) is 5.82. The first-order valence-corrected chi connectivity index (χ1v) is 12.4. The quantitative estimate of drug-likeness (QED) is 0.306. The highest BCUT2D eigenvalue weighted by atomic mass is 32.1. The number of alkyl halides is 1. The largest absolute Gasteiger partial charge is 0.341 e. The van der Waals surface area contributed by atoms with Crippen molar-refractivity contribution in [2.45, 2.75) is 59.3 Å². The third-order valence-corrected chi connectivity index (χ3v) is 6.83. The lowest BCUT2D eigenvalue weighted by Crippen LogP contribution is -2.29. The van der Waals surface area contributed by atoms with Gasteiger partial charge in [0.25, 0.3) is 0 Å². The molecule has 5 nitrogen and oxygen atoms in total. The molecule has 0 saturated heterocycles. The second-order valence-corrected chi connectivity index (χ2v) is 9.88. The number of nitrogens with one attached hydrogen (secondary N) is 2. The second-order valence-electron chi connectivity index (χ2n) is 8.91. The van der Waals surface area contributed by atoms with Crippen LogP contribution in [0.5, 0.6) is 0 Å². The highest BCUT2D eigenvalue weighted by Crippen LogP contribution is 2.29. The highest BCUT2D eigenvalue weighted by molar-refractivity contribution is 7.10. The molecule has 1 aliphatic rings. The molecular formula is C27H33FN4OS. The van der Waals surface area contributed by atoms with Gasteiger partial charge >= 0.3 is 0 Å². The van der Waals surface area contributed by atoms with Gasteiger partial charge in [0.2, 0.25) is 0 Å². The van der Waals surface area contributed by atoms with Crippen molar-refractivity contribution in [1.82, 2.24) is 14.9 Å². The number of aromatic amines is 1. The number of thiophene rings is 1. The summed E-state index contributed by atoms with van der Waals surface area (Å²) in [6.07, 6.45) is 8.40. The number of fused-ring (bicyclic) bond motifs is 1. The molecule has 7 heteroatoms. The van der Waals surface area contributed by atoms with Crippen molar-refractivity contribution in [3.05, 3.63) is 80.6 Å². The Balaban J connectivity index is 0.000000229. The highest BCUT2D eigenvalue weighted by Gasteiger charge is 2.22. The number of carbonyl (C=O) groups is 1. The zero-order valence-electron chi connectivity index (χ0n) is 20.3. The van der Waals surface area contributed by atoms with Crippen LogP contribution in [0.3, 0.4) is 0 Å². The van der Waals surface area contributed by atoms with Crippen LogP contribution in [0, 0.1) is 5.41 Å². The van der Waals surface area contributed by atoms with Crippen LogP contribution in [-0.2, 0) is 31.6 Å². The maximum atomic E-state index is 13.4. The van der Waals surface area contributed by atoms with Gasteiger partial charge in [-0.3, -0.25) is 9.69 Å². The van der Waals surface area contributed by atoms with Crippen LogP contribution >= 0.6 is 11.3 Å². The number of carbonyl (C=O) groups excluding carboxylic acids is 1. The minimum absolute atomic E-state index is 0.169. The fraction of sp³-hybridized carbons (Fsp3) is 0.370. The molecule has 0 atom stereocenters. The number of aryl methyl sites for hydroxylation is 1. The number of rotatable bonds is 7. The van der Waals surface area contributed by atoms with E-state index in [1.165, 1.54) is 22.2 Å². The van der Waals surface area contributed by atoms with Gasteiger partial charge < -0.3 is 10.4 Å². The minimum atomic E-state index is -1.22. The molecule has 0 aliphatic carbocycles. The van der Waals surface area contributed by atoms with Crippen molar-refractivity contribution in [2.24, 2.45) is 0 Å². The van der Waals surface area contributed by atoms with Gasteiger partial charge in [0.05, 0.1) is 0 Å². The molecule has 3 heterocycles. The molecule has 0 saturated carbocycles. The number of aromatic nitrogens is 2. The van der Waals surface area contributed by atoms with E-state index in [1.807, 2.05) is 35.8 Å². The molecule has 0 unspecified atom stereocenters. The number of benzene rings is 1. The maximum Gasteiger partial charge on any atom is 0.160 e. The lowest BCUT2D eigenvalue weighted by Gasteiger charge is -2.26. The number of hydrogen-bond acceptors (Lipinski definition) is 5. The van der Waals surface area contributed by atoms with Gasteiger partial charge in [-0.2, -0.15) is 0 Å². The summed E-state index contributed by atoms with van der Waals surface area (Å²) in [6, 6.07) is 7.70. The van der Waals surface area contributed by atoms with E-state index in [0.29, 0.717) is 0 Å². The Morgan fingerprint density at radius 3 is 2.85 bits per heavy atom. The molecule has 4 rings (SSSR count). The molecule has 1 aromatic carbocycles. The number of imidazole rings is 1. The predicted molar refractivity (Wildman–Crippen MR) is 139 cm³/mol. The zero-order chi connectivity index (χ0) is 24.7. The fourth-order valence-electron chi connectivity index (χ4n) is 3.89. The van der Waals surface area contributed by atoms with E-state index < -0.39 is 5.67 Å². The molecular weight excluding hydrogens is 447 g/mol. The Bertz CT molecular complexity index is 1160. The Kier molecular flexibility index (Phi) is 8.69. The zero-order valence-corrected chi connectivity index (χ0v) is 21.1. The summed E-state index contributed by atoms with van der Waals surface area (Å²) in [7, 11) is 0. The topological polar surface area (TPSA) is 72.8 Å². The summed E-state index contributed by atoms with van der Waals surface area (Å²) in [5.41, 5.74) is 3.95. The van der Waals surface area contributed by atoms with Gasteiger partial charge in [-0.25, -0.2) is 9.37 Å². The average molecular weight is 481 g/mol. The molecule has 0 spiro atoms. The van der Waals surface area contributed by atoms with Crippen LogP contribution in [0.25, 0.3) is 6.08 Å². The van der Waals surface area contributed by atoms with Crippen LogP contribution in [0.1, 0.15) is 71.1 Å². The summed E-state index contributed by atoms with van der Waals surface area (Å²) < 4.78 is 13.4. The SMILES string of the molecule is CC(=O)c1csc2c1CCN(Cc1cnc(/C=C\C=N)[nH]1)C2.CCc1cccc(C(C)(C)F)c1. The van der Waals surface area contributed by atoms with E-state index in [4.69, 9.17) is 5.41 Å². The van der Waals surface area contributed by atoms with Crippen molar-refractivity contribution < 1.29 is 9.18 Å². The standard InChI is InChI=1S/C16H18N4OS.C11H15F/c1-11(21)14-10-22-15-9-20(6-4-13(14)15)8-12-7-18-16(19-12)3-2-5-17;1-4-9-6-5-7-10(8-9)11(2,3)12/h2-3,5,7,10,17H,4,6,8-9H2,1H3,(H,18,19);5-8H,4H2,1-3H3/b3-2-,17-5?;. The molecule has 3 aromatic rings. The van der Waals surface area contributed by atoms with Crippen molar-refractivity contribution in [2.75, 3.05) is 6.54 Å². The number of nitrogens with zero attached hydrogens (tertiary/aromatic N) is 2. The van der Waals surface area contributed by atoms with Gasteiger partial charge in [0, 0.05) is 53.6 Å². The van der Waals surface area contributed by atoms with Gasteiger partial charge in [0.15, 0.2) is 5.78 Å². The monoisotopic (exact) mass is 480 g/mol. The molecule has 2 N–H and O–H groups in total. The fourth-order valence-corrected chi connectivity index (χ4v) is 5.07. The number of hydrogen-bond donors (Lipinski definition) is 2. The molecule has 2 aromatic heterocycles. The number of ketones is 1. The number of halogens is 1. The molecule has 180 valence electrons. The summed E-state index contributed by atoms with van der Waals surface area (Å²) >= 11 is 1.69. The van der Waals surface area contributed by atoms with Crippen LogP contribution < -0.4 is 0 Å². The van der Waals surface area contributed by atoms with Crippen molar-refractivity contribution >= 4 is 29.4 Å². The van der Waals surface area contributed by atoms with E-state index in [-0.39, 0.29) is 5.78 Å². The Morgan fingerprint density at radius 2 is 2.18 bits per heavy atom. The van der Waals surface area contributed by atoms with E-state index in [0.717, 1.165) is 55.1 Å². The van der Waals surface area contributed by atoms with Gasteiger partial charge in [-0.15, -0.1) is 11.3 Å².